The van der Waals surface area contributed by atoms with Gasteiger partial charge in [0, 0.05) is 36.8 Å². The predicted molar refractivity (Wildman–Crippen MR) is 112 cm³/mol. The van der Waals surface area contributed by atoms with E-state index in [1.54, 1.807) is 6.07 Å². The van der Waals surface area contributed by atoms with Crippen LogP contribution in [-0.2, 0) is 11.2 Å². The first-order chi connectivity index (χ1) is 13.0. The molecule has 1 amide bonds. The lowest BCUT2D eigenvalue weighted by Crippen LogP contribution is -2.33. The molecule has 0 aliphatic heterocycles. The lowest BCUT2D eigenvalue weighted by atomic mass is 10.1. The van der Waals surface area contributed by atoms with E-state index in [4.69, 9.17) is 5.73 Å². The van der Waals surface area contributed by atoms with Gasteiger partial charge < -0.3 is 10.6 Å². The summed E-state index contributed by atoms with van der Waals surface area (Å²) in [6.07, 6.45) is 6.70. The molecule has 2 atom stereocenters. The Balaban J connectivity index is 0.00000280. The summed E-state index contributed by atoms with van der Waals surface area (Å²) in [6, 6.07) is 8.64. The molecule has 1 saturated carbocycles. The molecule has 1 aliphatic rings. The van der Waals surface area contributed by atoms with Gasteiger partial charge >= 0.3 is 0 Å². The number of halogens is 2. The van der Waals surface area contributed by atoms with Crippen LogP contribution in [0.25, 0.3) is 11.3 Å². The van der Waals surface area contributed by atoms with E-state index in [1.807, 2.05) is 24.1 Å². The van der Waals surface area contributed by atoms with Crippen LogP contribution in [0.1, 0.15) is 44.2 Å². The molecule has 2 aromatic rings. The number of benzene rings is 1. The van der Waals surface area contributed by atoms with Gasteiger partial charge in [0.2, 0.25) is 5.91 Å². The summed E-state index contributed by atoms with van der Waals surface area (Å²) >= 11 is 0. The maximum atomic E-state index is 13.3. The molecule has 5 nitrogen and oxygen atoms in total. The van der Waals surface area contributed by atoms with E-state index in [0.29, 0.717) is 0 Å². The second-order valence-electron chi connectivity index (χ2n) is 7.63. The third-order valence-electron chi connectivity index (χ3n) is 5.39. The quantitative estimate of drug-likeness (QED) is 0.649. The van der Waals surface area contributed by atoms with Crippen molar-refractivity contribution < 1.29 is 9.18 Å². The van der Waals surface area contributed by atoms with E-state index in [9.17, 15) is 9.18 Å². The van der Waals surface area contributed by atoms with E-state index in [0.717, 1.165) is 68.4 Å². The zero-order valence-electron chi connectivity index (χ0n) is 16.4. The Labute approximate surface area is 172 Å². The molecule has 1 aliphatic carbocycles. The number of rotatable bonds is 8. The Kier molecular flexibility index (Phi) is 8.45. The molecule has 1 heterocycles. The first-order valence-electron chi connectivity index (χ1n) is 9.83. The van der Waals surface area contributed by atoms with Crippen LogP contribution in [0.2, 0.25) is 0 Å². The van der Waals surface area contributed by atoms with Gasteiger partial charge in [-0.15, -0.1) is 12.4 Å². The van der Waals surface area contributed by atoms with Gasteiger partial charge in [0.15, 0.2) is 0 Å². The summed E-state index contributed by atoms with van der Waals surface area (Å²) in [4.78, 5) is 14.2. The van der Waals surface area contributed by atoms with Crippen LogP contribution in [0.15, 0.2) is 30.3 Å². The maximum Gasteiger partial charge on any atom is 0.225 e. The number of hydrogen-bond donors (Lipinski definition) is 2. The number of amides is 1. The number of aromatic nitrogens is 2. The monoisotopic (exact) mass is 408 g/mol. The summed E-state index contributed by atoms with van der Waals surface area (Å²) in [5, 5.41) is 7.31. The molecule has 1 aromatic carbocycles. The van der Waals surface area contributed by atoms with Gasteiger partial charge in [0.1, 0.15) is 5.82 Å². The number of H-pyrrole nitrogens is 1. The topological polar surface area (TPSA) is 75.0 Å². The van der Waals surface area contributed by atoms with E-state index >= 15 is 0 Å². The van der Waals surface area contributed by atoms with Gasteiger partial charge in [-0.1, -0.05) is 18.6 Å². The zero-order valence-corrected chi connectivity index (χ0v) is 17.2. The molecule has 0 radical (unpaired) electrons. The van der Waals surface area contributed by atoms with Crippen LogP contribution in [-0.4, -0.2) is 40.6 Å². The maximum absolute atomic E-state index is 13.3. The molecule has 0 bridgehead atoms. The number of hydrogen-bond acceptors (Lipinski definition) is 3. The van der Waals surface area contributed by atoms with Crippen molar-refractivity contribution in [2.45, 2.75) is 51.0 Å². The molecule has 0 saturated heterocycles. The molecule has 7 heteroatoms. The van der Waals surface area contributed by atoms with Crippen LogP contribution in [0, 0.1) is 11.7 Å². The number of unbranched alkanes of at least 4 members (excludes halogenated alkanes) is 2. The molecule has 3 N–H and O–H groups in total. The number of nitrogens with zero attached hydrogens (tertiary/aromatic N) is 2. The summed E-state index contributed by atoms with van der Waals surface area (Å²) < 4.78 is 13.3. The second-order valence-corrected chi connectivity index (χ2v) is 7.63. The van der Waals surface area contributed by atoms with Gasteiger partial charge in [0.05, 0.1) is 5.69 Å². The van der Waals surface area contributed by atoms with Gasteiger partial charge in [-0.05, 0) is 56.7 Å². The highest BCUT2D eigenvalue weighted by molar-refractivity contribution is 5.85. The molecular formula is C21H30ClFN4O. The first-order valence-corrected chi connectivity index (χ1v) is 9.83. The third kappa shape index (κ3) is 6.04. The summed E-state index contributed by atoms with van der Waals surface area (Å²) in [5.74, 6) is 0.114. The minimum absolute atomic E-state index is 0. The van der Waals surface area contributed by atoms with Crippen LogP contribution < -0.4 is 5.73 Å². The fourth-order valence-electron chi connectivity index (χ4n) is 3.79. The van der Waals surface area contributed by atoms with Gasteiger partial charge in [0.25, 0.3) is 0 Å². The SMILES string of the molecule is CN(CCCCCc1cc(-c2cccc(F)c2)n[nH]1)C(=O)C1CCC(N)C1.Cl. The minimum atomic E-state index is -0.254. The molecule has 154 valence electrons. The highest BCUT2D eigenvalue weighted by atomic mass is 35.5. The summed E-state index contributed by atoms with van der Waals surface area (Å²) in [7, 11) is 1.90. The van der Waals surface area contributed by atoms with E-state index in [-0.39, 0.29) is 36.1 Å². The van der Waals surface area contributed by atoms with Crippen molar-refractivity contribution in [3.8, 4) is 11.3 Å². The van der Waals surface area contributed by atoms with Crippen molar-refractivity contribution in [2.75, 3.05) is 13.6 Å². The van der Waals surface area contributed by atoms with Crippen LogP contribution >= 0.6 is 12.4 Å². The van der Waals surface area contributed by atoms with Crippen molar-refractivity contribution in [1.29, 1.82) is 0 Å². The number of carbonyl (C=O) groups is 1. The van der Waals surface area contributed by atoms with Crippen LogP contribution in [0.5, 0.6) is 0 Å². The van der Waals surface area contributed by atoms with Crippen molar-refractivity contribution in [3.05, 3.63) is 41.8 Å². The minimum Gasteiger partial charge on any atom is -0.346 e. The average Bonchev–Trinajstić information content (AvgIpc) is 3.30. The molecule has 0 spiro atoms. The lowest BCUT2D eigenvalue weighted by molar-refractivity contribution is -0.134. The smallest absolute Gasteiger partial charge is 0.225 e. The fraction of sp³-hybridized carbons (Fsp3) is 0.524. The zero-order chi connectivity index (χ0) is 19.2. The number of nitrogens with two attached hydrogens (primary N) is 1. The Bertz CT molecular complexity index is 766. The van der Waals surface area contributed by atoms with Crippen LogP contribution in [0.4, 0.5) is 4.39 Å². The van der Waals surface area contributed by atoms with Crippen LogP contribution in [0.3, 0.4) is 0 Å². The standard InChI is InChI=1S/C21H29FN4O.ClH/c1-26(21(27)16-9-10-18(23)13-16)11-4-2-3-8-19-14-20(25-24-19)15-6-5-7-17(22)12-15;/h5-7,12,14,16,18H,2-4,8-11,13,23H2,1H3,(H,24,25);1H. The molecule has 2 unspecified atom stereocenters. The number of aryl methyl sites for hydroxylation is 1. The third-order valence-corrected chi connectivity index (χ3v) is 5.39. The molecule has 1 fully saturated rings. The number of aromatic amines is 1. The normalized spacial score (nSPS) is 18.7. The fourth-order valence-corrected chi connectivity index (χ4v) is 3.79. The highest BCUT2D eigenvalue weighted by Gasteiger charge is 2.29. The molecule has 1 aromatic heterocycles. The Morgan fingerprint density at radius 2 is 2.11 bits per heavy atom. The lowest BCUT2D eigenvalue weighted by Gasteiger charge is -2.21. The molecular weight excluding hydrogens is 379 g/mol. The predicted octanol–water partition coefficient (Wildman–Crippen LogP) is 3.94. The van der Waals surface area contributed by atoms with Gasteiger partial charge in [-0.3, -0.25) is 9.89 Å². The van der Waals surface area contributed by atoms with Gasteiger partial charge in [-0.25, -0.2) is 4.39 Å². The second kappa shape index (κ2) is 10.6. The van der Waals surface area contributed by atoms with Crippen molar-refractivity contribution in [2.24, 2.45) is 11.7 Å². The van der Waals surface area contributed by atoms with E-state index < -0.39 is 0 Å². The van der Waals surface area contributed by atoms with Crippen molar-refractivity contribution >= 4 is 18.3 Å². The Morgan fingerprint density at radius 3 is 2.82 bits per heavy atom. The first kappa shape index (κ1) is 22.4. The highest BCUT2D eigenvalue weighted by Crippen LogP contribution is 2.25. The number of nitrogens with one attached hydrogen (secondary N) is 1. The summed E-state index contributed by atoms with van der Waals surface area (Å²) in [6.45, 7) is 0.794. The van der Waals surface area contributed by atoms with Gasteiger partial charge in [-0.2, -0.15) is 5.10 Å². The van der Waals surface area contributed by atoms with E-state index in [2.05, 4.69) is 10.2 Å². The Morgan fingerprint density at radius 1 is 1.29 bits per heavy atom. The summed E-state index contributed by atoms with van der Waals surface area (Å²) in [5.41, 5.74) is 8.51. The molecule has 28 heavy (non-hydrogen) atoms. The van der Waals surface area contributed by atoms with Crippen molar-refractivity contribution in [3.63, 3.8) is 0 Å². The Hall–Kier alpha value is -1.92. The van der Waals surface area contributed by atoms with Crippen molar-refractivity contribution in [1.82, 2.24) is 15.1 Å². The largest absolute Gasteiger partial charge is 0.346 e. The van der Waals surface area contributed by atoms with E-state index in [1.165, 1.54) is 12.1 Å². The molecule has 3 rings (SSSR count). The average molecular weight is 409 g/mol. The number of carbonyl (C=O) groups excluding carboxylic acids is 1.